The molecule has 0 aliphatic carbocycles. The zero-order chi connectivity index (χ0) is 28.2. The van der Waals surface area contributed by atoms with Crippen molar-refractivity contribution >= 4 is 32.7 Å². The first kappa shape index (κ1) is 29.6. The van der Waals surface area contributed by atoms with E-state index in [1.807, 2.05) is 31.3 Å². The summed E-state index contributed by atoms with van der Waals surface area (Å²) in [6, 6.07) is 14.1. The van der Waals surface area contributed by atoms with Crippen LogP contribution in [0.3, 0.4) is 0 Å². The number of hydrogen-bond acceptors (Lipinski definition) is 7. The third-order valence-corrected chi connectivity index (χ3v) is 7.90. The van der Waals surface area contributed by atoms with Crippen LogP contribution in [0, 0.1) is 5.92 Å². The SMILES string of the molecule is CCNC(=O)Nc1nc2cc(-c3ccc(CCCC(CCCOC)CCOC)nc3)cc(-c3ccccn3)c2s1. The molecule has 3 aromatic heterocycles. The standard InChI is InChI=1S/C31H39N5O3S/c1-4-32-30(37)36-31-35-28-20-24(19-26(29(28)40-31)27-12-5-6-16-33-27)23-13-14-25(34-21-23)11-7-9-22(15-18-39-3)10-8-17-38-2/h5-6,12-14,16,19-22H,4,7-11,15,17-18H2,1-3H3,(H2,32,35,36,37). The van der Waals surface area contributed by atoms with Crippen LogP contribution in [0.2, 0.25) is 0 Å². The zero-order valence-corrected chi connectivity index (χ0v) is 24.4. The van der Waals surface area contributed by atoms with Crippen molar-refractivity contribution in [3.8, 4) is 22.4 Å². The predicted molar refractivity (Wildman–Crippen MR) is 163 cm³/mol. The number of ether oxygens (including phenoxy) is 2. The molecule has 40 heavy (non-hydrogen) atoms. The van der Waals surface area contributed by atoms with Gasteiger partial charge >= 0.3 is 6.03 Å². The normalized spacial score (nSPS) is 12.0. The van der Waals surface area contributed by atoms with Crippen LogP contribution in [-0.2, 0) is 15.9 Å². The quantitative estimate of drug-likeness (QED) is 0.152. The van der Waals surface area contributed by atoms with Crippen molar-refractivity contribution in [2.24, 2.45) is 5.92 Å². The summed E-state index contributed by atoms with van der Waals surface area (Å²) >= 11 is 1.45. The molecule has 3 heterocycles. The summed E-state index contributed by atoms with van der Waals surface area (Å²) in [4.78, 5) is 26.2. The van der Waals surface area contributed by atoms with E-state index in [4.69, 9.17) is 19.4 Å². The Balaban J connectivity index is 1.50. The zero-order valence-electron chi connectivity index (χ0n) is 23.6. The predicted octanol–water partition coefficient (Wildman–Crippen LogP) is 6.96. The van der Waals surface area contributed by atoms with E-state index in [9.17, 15) is 4.79 Å². The Hall–Kier alpha value is -3.40. The van der Waals surface area contributed by atoms with Gasteiger partial charge in [0.1, 0.15) is 0 Å². The van der Waals surface area contributed by atoms with Gasteiger partial charge in [-0.25, -0.2) is 9.78 Å². The number of aryl methyl sites for hydroxylation is 1. The molecule has 0 aliphatic rings. The highest BCUT2D eigenvalue weighted by Gasteiger charge is 2.15. The van der Waals surface area contributed by atoms with Crippen LogP contribution < -0.4 is 10.6 Å². The molecule has 1 aromatic carbocycles. The van der Waals surface area contributed by atoms with Crippen molar-refractivity contribution in [2.45, 2.75) is 45.4 Å². The number of fused-ring (bicyclic) bond motifs is 1. The number of nitrogens with one attached hydrogen (secondary N) is 2. The molecule has 8 nitrogen and oxygen atoms in total. The van der Waals surface area contributed by atoms with Gasteiger partial charge in [0.25, 0.3) is 0 Å². The van der Waals surface area contributed by atoms with E-state index >= 15 is 0 Å². The molecule has 0 saturated carbocycles. The average molecular weight is 562 g/mol. The number of carbonyl (C=O) groups is 1. The summed E-state index contributed by atoms with van der Waals surface area (Å²) in [5.74, 6) is 0.650. The van der Waals surface area contributed by atoms with E-state index in [1.165, 1.54) is 17.8 Å². The minimum atomic E-state index is -0.263. The van der Waals surface area contributed by atoms with Gasteiger partial charge in [0, 0.05) is 63.2 Å². The van der Waals surface area contributed by atoms with Gasteiger partial charge in [0.2, 0.25) is 0 Å². The number of rotatable bonds is 15. The highest BCUT2D eigenvalue weighted by molar-refractivity contribution is 7.22. The Labute approximate surface area is 240 Å². The smallest absolute Gasteiger partial charge is 0.321 e. The number of urea groups is 1. The fourth-order valence-electron chi connectivity index (χ4n) is 4.82. The van der Waals surface area contributed by atoms with Crippen LogP contribution in [0.1, 0.15) is 44.7 Å². The molecule has 0 spiro atoms. The first-order valence-corrected chi connectivity index (χ1v) is 14.8. The van der Waals surface area contributed by atoms with Crippen molar-refractivity contribution in [1.82, 2.24) is 20.3 Å². The lowest BCUT2D eigenvalue weighted by atomic mass is 9.93. The molecule has 2 N–H and O–H groups in total. The first-order valence-electron chi connectivity index (χ1n) is 13.9. The first-order chi connectivity index (χ1) is 19.6. The molecule has 212 valence electrons. The van der Waals surface area contributed by atoms with Gasteiger partial charge in [-0.2, -0.15) is 0 Å². The second kappa shape index (κ2) is 15.4. The largest absolute Gasteiger partial charge is 0.385 e. The van der Waals surface area contributed by atoms with Crippen LogP contribution in [-0.4, -0.2) is 55.0 Å². The van der Waals surface area contributed by atoms with E-state index in [2.05, 4.69) is 39.9 Å². The van der Waals surface area contributed by atoms with Crippen molar-refractivity contribution in [1.29, 1.82) is 0 Å². The van der Waals surface area contributed by atoms with Crippen LogP contribution in [0.25, 0.3) is 32.6 Å². The molecule has 4 rings (SSSR count). The van der Waals surface area contributed by atoms with Crippen LogP contribution >= 0.6 is 11.3 Å². The van der Waals surface area contributed by atoms with Gasteiger partial charge < -0.3 is 14.8 Å². The lowest BCUT2D eigenvalue weighted by molar-refractivity contribution is 0.158. The molecule has 1 atom stereocenters. The van der Waals surface area contributed by atoms with Crippen LogP contribution in [0.4, 0.5) is 9.93 Å². The number of benzene rings is 1. The van der Waals surface area contributed by atoms with Gasteiger partial charge in [0.05, 0.1) is 15.9 Å². The van der Waals surface area contributed by atoms with E-state index in [0.717, 1.165) is 83.6 Å². The maximum Gasteiger partial charge on any atom is 0.321 e. The molecule has 1 unspecified atom stereocenters. The van der Waals surface area contributed by atoms with Gasteiger partial charge in [-0.05, 0) is 87.3 Å². The number of pyridine rings is 2. The van der Waals surface area contributed by atoms with Crippen molar-refractivity contribution in [3.63, 3.8) is 0 Å². The van der Waals surface area contributed by atoms with E-state index < -0.39 is 0 Å². The minimum absolute atomic E-state index is 0.263. The van der Waals surface area contributed by atoms with Crippen molar-refractivity contribution in [2.75, 3.05) is 39.3 Å². The number of nitrogens with zero attached hydrogens (tertiary/aromatic N) is 3. The lowest BCUT2D eigenvalue weighted by Crippen LogP contribution is -2.28. The van der Waals surface area contributed by atoms with E-state index in [1.54, 1.807) is 20.4 Å². The van der Waals surface area contributed by atoms with Crippen molar-refractivity contribution < 1.29 is 14.3 Å². The Bertz CT molecular complexity index is 1340. The number of aromatic nitrogens is 3. The number of anilines is 1. The van der Waals surface area contributed by atoms with Crippen molar-refractivity contribution in [3.05, 3.63) is 60.6 Å². The summed E-state index contributed by atoms with van der Waals surface area (Å²) in [5.41, 5.74) is 5.79. The second-order valence-electron chi connectivity index (χ2n) is 9.80. The number of hydrogen-bond donors (Lipinski definition) is 2. The number of carbonyl (C=O) groups excluding carboxylic acids is 1. The Kier molecular flexibility index (Phi) is 11.4. The second-order valence-corrected chi connectivity index (χ2v) is 10.8. The fourth-order valence-corrected chi connectivity index (χ4v) is 5.78. The average Bonchev–Trinajstić information content (AvgIpc) is 3.38. The third-order valence-electron chi connectivity index (χ3n) is 6.88. The maximum atomic E-state index is 12.1. The molecule has 0 bridgehead atoms. The minimum Gasteiger partial charge on any atom is -0.385 e. The summed E-state index contributed by atoms with van der Waals surface area (Å²) < 4.78 is 11.5. The van der Waals surface area contributed by atoms with Gasteiger partial charge in [0.15, 0.2) is 5.13 Å². The third kappa shape index (κ3) is 8.30. The summed E-state index contributed by atoms with van der Waals surface area (Å²) in [6.07, 6.45) is 10.3. The lowest BCUT2D eigenvalue weighted by Gasteiger charge is -2.16. The molecule has 4 aromatic rings. The molecule has 0 saturated heterocycles. The monoisotopic (exact) mass is 561 g/mol. The van der Waals surface area contributed by atoms with Crippen LogP contribution in [0.15, 0.2) is 54.9 Å². The summed E-state index contributed by atoms with van der Waals surface area (Å²) in [5, 5.41) is 6.15. The molecular formula is C31H39N5O3S. The van der Waals surface area contributed by atoms with Gasteiger partial charge in [-0.15, -0.1) is 0 Å². The molecule has 0 radical (unpaired) electrons. The van der Waals surface area contributed by atoms with E-state index in [-0.39, 0.29) is 6.03 Å². The maximum absolute atomic E-state index is 12.1. The summed E-state index contributed by atoms with van der Waals surface area (Å²) in [6.45, 7) is 4.05. The molecule has 2 amide bonds. The molecular weight excluding hydrogens is 522 g/mol. The Morgan fingerprint density at radius 3 is 2.55 bits per heavy atom. The number of amides is 2. The highest BCUT2D eigenvalue weighted by Crippen LogP contribution is 2.38. The summed E-state index contributed by atoms with van der Waals surface area (Å²) in [7, 11) is 3.53. The highest BCUT2D eigenvalue weighted by atomic mass is 32.1. The number of thiazole rings is 1. The molecule has 9 heteroatoms. The molecule has 0 aliphatic heterocycles. The topological polar surface area (TPSA) is 98.3 Å². The van der Waals surface area contributed by atoms with E-state index in [0.29, 0.717) is 17.6 Å². The molecule has 0 fully saturated rings. The Morgan fingerprint density at radius 1 is 0.975 bits per heavy atom. The Morgan fingerprint density at radius 2 is 1.82 bits per heavy atom. The van der Waals surface area contributed by atoms with Gasteiger partial charge in [-0.1, -0.05) is 23.5 Å². The number of methoxy groups -OCH3 is 2. The van der Waals surface area contributed by atoms with Gasteiger partial charge in [-0.3, -0.25) is 15.3 Å². The fraction of sp³-hybridized carbons (Fsp3) is 0.419. The van der Waals surface area contributed by atoms with Crippen LogP contribution in [0.5, 0.6) is 0 Å².